The fourth-order valence-electron chi connectivity index (χ4n) is 0.143. The molecule has 0 aliphatic heterocycles. The van der Waals surface area contributed by atoms with Gasteiger partial charge in [-0.1, -0.05) is 6.58 Å². The molecule has 0 rings (SSSR count). The summed E-state index contributed by atoms with van der Waals surface area (Å²) in [6.07, 6.45) is 1.12. The van der Waals surface area contributed by atoms with Gasteiger partial charge in [-0.05, 0) is 0 Å². The molecule has 0 aromatic carbocycles. The van der Waals surface area contributed by atoms with E-state index >= 15 is 0 Å². The third kappa shape index (κ3) is 22.4. The molecule has 0 aromatic rings. The molecule has 80 valence electrons. The van der Waals surface area contributed by atoms with Gasteiger partial charge in [-0.2, -0.15) is 8.42 Å². The van der Waals surface area contributed by atoms with Crippen molar-refractivity contribution in [3.63, 3.8) is 0 Å². The standard InChI is InChI=1S/C4H4O4.C2H4O3S/c5-3(6)1-2-4(7)8;1-2-6(3,4)5/h1-2H,(H,5,6)(H,7,8);2H,1H2,(H,3,4,5)/b2-1-;. The average molecular weight is 224 g/mol. The van der Waals surface area contributed by atoms with Crippen molar-refractivity contribution >= 4 is 22.1 Å². The van der Waals surface area contributed by atoms with E-state index in [4.69, 9.17) is 14.8 Å². The first-order valence-electron chi connectivity index (χ1n) is 2.93. The van der Waals surface area contributed by atoms with Crippen molar-refractivity contribution in [2.24, 2.45) is 0 Å². The van der Waals surface area contributed by atoms with Gasteiger partial charge in [0.25, 0.3) is 10.1 Å². The van der Waals surface area contributed by atoms with Gasteiger partial charge in [-0.3, -0.25) is 4.55 Å². The summed E-state index contributed by atoms with van der Waals surface area (Å²) < 4.78 is 26.6. The van der Waals surface area contributed by atoms with Crippen LogP contribution in [-0.4, -0.2) is 35.1 Å². The Morgan fingerprint density at radius 2 is 1.29 bits per heavy atom. The maximum Gasteiger partial charge on any atom is 0.328 e. The number of rotatable bonds is 3. The van der Waals surface area contributed by atoms with Gasteiger partial charge in [0.15, 0.2) is 0 Å². The van der Waals surface area contributed by atoms with Crippen LogP contribution in [0.1, 0.15) is 0 Å². The summed E-state index contributed by atoms with van der Waals surface area (Å²) >= 11 is 0. The van der Waals surface area contributed by atoms with Crippen molar-refractivity contribution in [1.29, 1.82) is 0 Å². The minimum Gasteiger partial charge on any atom is -0.478 e. The van der Waals surface area contributed by atoms with Crippen LogP contribution >= 0.6 is 0 Å². The minimum absolute atomic E-state index is 0.465. The molecular formula is C6H8O7S. The molecular weight excluding hydrogens is 216 g/mol. The fourth-order valence-corrected chi connectivity index (χ4v) is 0.143. The first-order valence-corrected chi connectivity index (χ1v) is 4.43. The molecule has 7 nitrogen and oxygen atoms in total. The second-order valence-electron chi connectivity index (χ2n) is 1.69. The molecule has 0 saturated heterocycles. The first kappa shape index (κ1) is 14.8. The highest BCUT2D eigenvalue weighted by atomic mass is 32.2. The highest BCUT2D eigenvalue weighted by Crippen LogP contribution is 1.75. The van der Waals surface area contributed by atoms with E-state index in [0.29, 0.717) is 17.6 Å². The summed E-state index contributed by atoms with van der Waals surface area (Å²) in [7, 11) is -3.90. The minimum atomic E-state index is -3.90. The molecule has 8 heteroatoms. The molecule has 0 fully saturated rings. The molecule has 0 saturated carbocycles. The van der Waals surface area contributed by atoms with Crippen LogP contribution in [0.5, 0.6) is 0 Å². The quantitative estimate of drug-likeness (QED) is 0.444. The number of hydrogen-bond donors (Lipinski definition) is 3. The SMILES string of the molecule is C=CS(=O)(=O)O.O=C(O)/C=C\C(=O)O. The van der Waals surface area contributed by atoms with E-state index in [1.54, 1.807) is 0 Å². The smallest absolute Gasteiger partial charge is 0.328 e. The third-order valence-corrected chi connectivity index (χ3v) is 1.00. The Kier molecular flexibility index (Phi) is 7.21. The molecule has 0 unspecified atom stereocenters. The fraction of sp³-hybridized carbons (Fsp3) is 0. The van der Waals surface area contributed by atoms with Gasteiger partial charge in [0.05, 0.1) is 5.41 Å². The second kappa shape index (κ2) is 6.80. The lowest BCUT2D eigenvalue weighted by atomic mass is 10.5. The van der Waals surface area contributed by atoms with E-state index in [-0.39, 0.29) is 0 Å². The summed E-state index contributed by atoms with van der Waals surface area (Å²) in [5.41, 5.74) is 0. The van der Waals surface area contributed by atoms with Crippen LogP contribution in [0.2, 0.25) is 0 Å². The molecule has 0 aliphatic carbocycles. The van der Waals surface area contributed by atoms with Crippen LogP contribution in [0.4, 0.5) is 0 Å². The number of carbonyl (C=O) groups is 2. The van der Waals surface area contributed by atoms with Crippen molar-refractivity contribution in [2.75, 3.05) is 0 Å². The molecule has 0 heterocycles. The average Bonchev–Trinajstić information content (AvgIpc) is 2.01. The summed E-state index contributed by atoms with van der Waals surface area (Å²) in [5, 5.41) is 16.1. The predicted molar refractivity (Wildman–Crippen MR) is 46.2 cm³/mol. The van der Waals surface area contributed by atoms with E-state index in [0.717, 1.165) is 0 Å². The van der Waals surface area contributed by atoms with Gasteiger partial charge in [0.1, 0.15) is 0 Å². The number of carboxylic acids is 2. The zero-order valence-corrected chi connectivity index (χ0v) is 7.64. The molecule has 0 amide bonds. The maximum absolute atomic E-state index is 9.55. The van der Waals surface area contributed by atoms with Gasteiger partial charge >= 0.3 is 11.9 Å². The van der Waals surface area contributed by atoms with E-state index in [2.05, 4.69) is 6.58 Å². The zero-order chi connectivity index (χ0) is 11.8. The van der Waals surface area contributed by atoms with Gasteiger partial charge in [-0.15, -0.1) is 0 Å². The lowest BCUT2D eigenvalue weighted by Gasteiger charge is -1.74. The molecule has 0 bridgehead atoms. The van der Waals surface area contributed by atoms with Crippen LogP contribution in [0.25, 0.3) is 0 Å². The largest absolute Gasteiger partial charge is 0.478 e. The molecule has 3 N–H and O–H groups in total. The van der Waals surface area contributed by atoms with Crippen molar-refractivity contribution in [1.82, 2.24) is 0 Å². The summed E-state index contributed by atoms with van der Waals surface area (Å²) in [6.45, 7) is 2.79. The van der Waals surface area contributed by atoms with Crippen LogP contribution in [-0.2, 0) is 19.7 Å². The first-order chi connectivity index (χ1) is 6.19. The summed E-state index contributed by atoms with van der Waals surface area (Å²) in [5.74, 6) is -2.51. The van der Waals surface area contributed by atoms with Crippen molar-refractivity contribution in [2.45, 2.75) is 0 Å². The normalized spacial score (nSPS) is 10.1. The highest BCUT2D eigenvalue weighted by Gasteiger charge is 1.88. The Balaban J connectivity index is 0. The van der Waals surface area contributed by atoms with Gasteiger partial charge in [0, 0.05) is 12.2 Å². The number of aliphatic carboxylic acids is 2. The third-order valence-electron chi connectivity index (χ3n) is 0.579. The summed E-state index contributed by atoms with van der Waals surface area (Å²) in [4.78, 5) is 19.1. The van der Waals surface area contributed by atoms with E-state index < -0.39 is 22.1 Å². The van der Waals surface area contributed by atoms with Gasteiger partial charge in [-0.25, -0.2) is 9.59 Å². The predicted octanol–water partition coefficient (Wildman–Crippen LogP) is -0.271. The van der Waals surface area contributed by atoms with Gasteiger partial charge < -0.3 is 10.2 Å². The monoisotopic (exact) mass is 224 g/mol. The van der Waals surface area contributed by atoms with E-state index in [1.165, 1.54) is 0 Å². The van der Waals surface area contributed by atoms with Gasteiger partial charge in [0.2, 0.25) is 0 Å². The Labute approximate surface area is 79.7 Å². The molecule has 0 atom stereocenters. The van der Waals surface area contributed by atoms with E-state index in [9.17, 15) is 18.0 Å². The Hall–Kier alpha value is -1.67. The topological polar surface area (TPSA) is 129 Å². The van der Waals surface area contributed by atoms with E-state index in [1.807, 2.05) is 0 Å². The molecule has 0 aliphatic rings. The molecule has 0 aromatic heterocycles. The lowest BCUT2D eigenvalue weighted by molar-refractivity contribution is -0.134. The second-order valence-corrected chi connectivity index (χ2v) is 3.05. The number of hydrogen-bond acceptors (Lipinski definition) is 4. The van der Waals surface area contributed by atoms with Crippen molar-refractivity contribution < 1.29 is 32.8 Å². The lowest BCUT2D eigenvalue weighted by Crippen LogP contribution is -1.91. The molecule has 14 heavy (non-hydrogen) atoms. The van der Waals surface area contributed by atoms with Crippen LogP contribution in [0.15, 0.2) is 24.1 Å². The maximum atomic E-state index is 9.55. The Morgan fingerprint density at radius 3 is 1.36 bits per heavy atom. The molecule has 0 radical (unpaired) electrons. The Bertz CT molecular complexity index is 310. The number of carboxylic acid groups (broad SMARTS) is 2. The zero-order valence-electron chi connectivity index (χ0n) is 6.82. The van der Waals surface area contributed by atoms with Crippen molar-refractivity contribution in [3.8, 4) is 0 Å². The van der Waals surface area contributed by atoms with Crippen LogP contribution in [0.3, 0.4) is 0 Å². The Morgan fingerprint density at radius 1 is 1.07 bits per heavy atom. The summed E-state index contributed by atoms with van der Waals surface area (Å²) in [6, 6.07) is 0. The van der Waals surface area contributed by atoms with Crippen LogP contribution in [0, 0.1) is 0 Å². The van der Waals surface area contributed by atoms with Crippen molar-refractivity contribution in [3.05, 3.63) is 24.1 Å². The van der Waals surface area contributed by atoms with Crippen LogP contribution < -0.4 is 0 Å². The highest BCUT2D eigenvalue weighted by molar-refractivity contribution is 7.88. The molecule has 0 spiro atoms.